The van der Waals surface area contributed by atoms with E-state index in [0.717, 1.165) is 10.0 Å². The van der Waals surface area contributed by atoms with Crippen LogP contribution >= 0.6 is 15.9 Å². The molecule has 31 heavy (non-hydrogen) atoms. The molecule has 0 aliphatic heterocycles. The van der Waals surface area contributed by atoms with Gasteiger partial charge in [-0.05, 0) is 70.0 Å². The van der Waals surface area contributed by atoms with E-state index in [9.17, 15) is 14.4 Å². The molecule has 0 saturated heterocycles. The lowest BCUT2D eigenvalue weighted by Gasteiger charge is -2.08. The number of methoxy groups -OCH3 is 1. The minimum absolute atomic E-state index is 0.0420. The predicted molar refractivity (Wildman–Crippen MR) is 121 cm³/mol. The number of halogens is 1. The van der Waals surface area contributed by atoms with E-state index in [4.69, 9.17) is 9.47 Å². The lowest BCUT2D eigenvalue weighted by Crippen LogP contribution is -2.16. The summed E-state index contributed by atoms with van der Waals surface area (Å²) in [5.74, 6) is -0.406. The molecule has 3 aromatic rings. The smallest absolute Gasteiger partial charge is 0.310 e. The van der Waals surface area contributed by atoms with Crippen LogP contribution in [0, 0.1) is 0 Å². The van der Waals surface area contributed by atoms with Crippen LogP contribution in [0.1, 0.15) is 26.3 Å². The number of amides is 1. The number of carbonyl (C=O) groups is 3. The zero-order chi connectivity index (χ0) is 22.2. The third-order valence-electron chi connectivity index (χ3n) is 4.43. The number of nitrogens with one attached hydrogen (secondary N) is 1. The van der Waals surface area contributed by atoms with Crippen LogP contribution in [0.3, 0.4) is 0 Å². The minimum Gasteiger partial charge on any atom is -0.496 e. The molecule has 0 aliphatic rings. The summed E-state index contributed by atoms with van der Waals surface area (Å²) in [6, 6.07) is 20.5. The van der Waals surface area contributed by atoms with Crippen LogP contribution in [0.2, 0.25) is 0 Å². The highest BCUT2D eigenvalue weighted by molar-refractivity contribution is 9.10. The summed E-state index contributed by atoms with van der Waals surface area (Å²) in [7, 11) is 1.56. The number of esters is 1. The van der Waals surface area contributed by atoms with E-state index in [-0.39, 0.29) is 24.7 Å². The van der Waals surface area contributed by atoms with E-state index in [1.54, 1.807) is 73.8 Å². The normalized spacial score (nSPS) is 10.3. The summed E-state index contributed by atoms with van der Waals surface area (Å²) in [5, 5.41) is 2.77. The molecule has 0 aromatic heterocycles. The molecule has 0 radical (unpaired) electrons. The van der Waals surface area contributed by atoms with E-state index < -0.39 is 5.97 Å². The Morgan fingerprint density at radius 1 is 0.903 bits per heavy atom. The van der Waals surface area contributed by atoms with Gasteiger partial charge in [0.25, 0.3) is 5.91 Å². The van der Waals surface area contributed by atoms with E-state index in [2.05, 4.69) is 21.2 Å². The second-order valence-electron chi connectivity index (χ2n) is 6.63. The molecule has 0 heterocycles. The Morgan fingerprint density at radius 3 is 2.26 bits per heavy atom. The molecule has 0 aliphatic carbocycles. The number of ketones is 1. The van der Waals surface area contributed by atoms with Crippen molar-refractivity contribution >= 4 is 39.3 Å². The van der Waals surface area contributed by atoms with Crippen LogP contribution in [-0.2, 0) is 16.0 Å². The molecule has 6 nitrogen and oxygen atoms in total. The molecule has 0 bridgehead atoms. The fourth-order valence-corrected chi connectivity index (χ4v) is 3.39. The van der Waals surface area contributed by atoms with Gasteiger partial charge in [-0.2, -0.15) is 0 Å². The Kier molecular flexibility index (Phi) is 7.56. The van der Waals surface area contributed by atoms with Crippen molar-refractivity contribution in [3.05, 3.63) is 94.0 Å². The third-order valence-corrected chi connectivity index (χ3v) is 5.05. The fraction of sp³-hybridized carbons (Fsp3) is 0.125. The first-order valence-corrected chi connectivity index (χ1v) is 10.2. The molecule has 0 unspecified atom stereocenters. The third kappa shape index (κ3) is 6.26. The molecular formula is C24H20BrNO5. The topological polar surface area (TPSA) is 81.7 Å². The van der Waals surface area contributed by atoms with Crippen molar-refractivity contribution in [3.63, 3.8) is 0 Å². The van der Waals surface area contributed by atoms with Crippen LogP contribution in [-0.4, -0.2) is 31.4 Å². The van der Waals surface area contributed by atoms with Gasteiger partial charge in [0.05, 0.1) is 18.0 Å². The lowest BCUT2D eigenvalue weighted by molar-refractivity contribution is -0.141. The summed E-state index contributed by atoms with van der Waals surface area (Å²) in [5.41, 5.74) is 2.23. The Bertz CT molecular complexity index is 1080. The highest BCUT2D eigenvalue weighted by atomic mass is 79.9. The van der Waals surface area contributed by atoms with E-state index >= 15 is 0 Å². The first-order valence-electron chi connectivity index (χ1n) is 9.44. The monoisotopic (exact) mass is 481 g/mol. The number of Topliss-reactive ketones (excluding diaryl/α,β-unsaturated/α-hetero) is 1. The molecule has 3 rings (SSSR count). The van der Waals surface area contributed by atoms with Crippen LogP contribution in [0.4, 0.5) is 5.69 Å². The summed E-state index contributed by atoms with van der Waals surface area (Å²) in [6.45, 7) is -0.355. The van der Waals surface area contributed by atoms with Crippen LogP contribution in [0.25, 0.3) is 0 Å². The molecular weight excluding hydrogens is 462 g/mol. The van der Waals surface area contributed by atoms with Crippen molar-refractivity contribution in [1.82, 2.24) is 0 Å². The molecule has 158 valence electrons. The van der Waals surface area contributed by atoms with Crippen molar-refractivity contribution in [3.8, 4) is 5.75 Å². The Hall–Kier alpha value is -3.45. The van der Waals surface area contributed by atoms with E-state index in [1.807, 2.05) is 6.07 Å². The van der Waals surface area contributed by atoms with Crippen molar-refractivity contribution in [1.29, 1.82) is 0 Å². The number of carbonyl (C=O) groups excluding carboxylic acids is 3. The minimum atomic E-state index is -0.503. The van der Waals surface area contributed by atoms with Gasteiger partial charge >= 0.3 is 5.97 Å². The summed E-state index contributed by atoms with van der Waals surface area (Å²) in [4.78, 5) is 36.5. The van der Waals surface area contributed by atoms with Gasteiger partial charge < -0.3 is 14.8 Å². The molecule has 0 fully saturated rings. The molecule has 0 spiro atoms. The van der Waals surface area contributed by atoms with Crippen molar-refractivity contribution < 1.29 is 23.9 Å². The number of hydrogen-bond acceptors (Lipinski definition) is 5. The second-order valence-corrected chi connectivity index (χ2v) is 7.48. The number of ether oxygens (including phenoxy) is 2. The van der Waals surface area contributed by atoms with Gasteiger partial charge in [0.2, 0.25) is 0 Å². The van der Waals surface area contributed by atoms with Gasteiger partial charge in [0, 0.05) is 16.8 Å². The Labute approximate surface area is 188 Å². The highest BCUT2D eigenvalue weighted by Crippen LogP contribution is 2.25. The zero-order valence-corrected chi connectivity index (χ0v) is 18.3. The van der Waals surface area contributed by atoms with Gasteiger partial charge in [-0.25, -0.2) is 0 Å². The second kappa shape index (κ2) is 10.5. The maximum absolute atomic E-state index is 12.3. The largest absolute Gasteiger partial charge is 0.496 e. The summed E-state index contributed by atoms with van der Waals surface area (Å²) in [6.07, 6.45) is 0.0420. The Balaban J connectivity index is 1.50. The summed E-state index contributed by atoms with van der Waals surface area (Å²) >= 11 is 3.37. The maximum Gasteiger partial charge on any atom is 0.310 e. The maximum atomic E-state index is 12.3. The average Bonchev–Trinajstić information content (AvgIpc) is 2.78. The van der Waals surface area contributed by atoms with Crippen molar-refractivity contribution in [2.75, 3.05) is 19.0 Å². The fourth-order valence-electron chi connectivity index (χ4n) is 2.80. The molecule has 7 heteroatoms. The number of hydrogen-bond donors (Lipinski definition) is 1. The van der Waals surface area contributed by atoms with Gasteiger partial charge in [-0.1, -0.05) is 24.3 Å². The first kappa shape index (κ1) is 22.2. The van der Waals surface area contributed by atoms with Crippen LogP contribution in [0.5, 0.6) is 5.75 Å². The van der Waals surface area contributed by atoms with Gasteiger partial charge in [-0.15, -0.1) is 0 Å². The highest BCUT2D eigenvalue weighted by Gasteiger charge is 2.12. The van der Waals surface area contributed by atoms with Crippen LogP contribution in [0.15, 0.2) is 77.3 Å². The van der Waals surface area contributed by atoms with Crippen molar-refractivity contribution in [2.45, 2.75) is 6.42 Å². The van der Waals surface area contributed by atoms with Gasteiger partial charge in [0.15, 0.2) is 12.4 Å². The molecule has 0 atom stereocenters. The Morgan fingerprint density at radius 2 is 1.61 bits per heavy atom. The molecule has 1 N–H and O–H groups in total. The van der Waals surface area contributed by atoms with Gasteiger partial charge in [0.1, 0.15) is 5.75 Å². The van der Waals surface area contributed by atoms with Crippen LogP contribution < -0.4 is 10.1 Å². The number of rotatable bonds is 8. The predicted octanol–water partition coefficient (Wildman–Crippen LogP) is 4.68. The quantitative estimate of drug-likeness (QED) is 0.373. The molecule has 3 aromatic carbocycles. The lowest BCUT2D eigenvalue weighted by atomic mass is 10.1. The van der Waals surface area contributed by atoms with Gasteiger partial charge in [-0.3, -0.25) is 14.4 Å². The van der Waals surface area contributed by atoms with Crippen molar-refractivity contribution in [2.24, 2.45) is 0 Å². The SMILES string of the molecule is COc1ccc(CC(=O)OCC(=O)c2ccc(NC(=O)c3ccccc3)cc2)cc1Br. The van der Waals surface area contributed by atoms with E-state index in [0.29, 0.717) is 22.6 Å². The molecule has 1 amide bonds. The number of benzene rings is 3. The first-order chi connectivity index (χ1) is 15.0. The number of anilines is 1. The molecule has 0 saturated carbocycles. The standard InChI is InChI=1S/C24H20BrNO5/c1-30-22-12-7-16(13-20(22)25)14-23(28)31-15-21(27)17-8-10-19(11-9-17)26-24(29)18-5-3-2-4-6-18/h2-13H,14-15H2,1H3,(H,26,29). The average molecular weight is 482 g/mol. The zero-order valence-electron chi connectivity index (χ0n) is 16.8. The van der Waals surface area contributed by atoms with E-state index in [1.165, 1.54) is 0 Å². The summed E-state index contributed by atoms with van der Waals surface area (Å²) < 4.78 is 11.0.